The molecule has 3 heterocycles. The van der Waals surface area contributed by atoms with Crippen LogP contribution in [0.4, 0.5) is 11.4 Å². The Morgan fingerprint density at radius 1 is 0.775 bits per heavy atom. The maximum atomic E-state index is 5.92. The molecular weight excluding hydrogens is 671 g/mol. The van der Waals surface area contributed by atoms with Gasteiger partial charge >= 0.3 is 6.01 Å². The molecular formula is C35H27IrN3O. The van der Waals surface area contributed by atoms with E-state index >= 15 is 0 Å². The number of hydrogen-bond acceptors (Lipinski definition) is 2. The minimum atomic E-state index is 0. The predicted octanol–water partition coefficient (Wildman–Crippen LogP) is 8.50. The molecule has 0 saturated heterocycles. The molecule has 0 spiro atoms. The Hall–Kier alpha value is -4.40. The first kappa shape index (κ1) is 27.2. The summed E-state index contributed by atoms with van der Waals surface area (Å²) in [5, 5.41) is 2.20. The molecule has 197 valence electrons. The van der Waals surface area contributed by atoms with E-state index in [0.717, 1.165) is 44.6 Å². The first-order chi connectivity index (χ1) is 19.0. The third-order valence-electron chi connectivity index (χ3n) is 6.77. The van der Waals surface area contributed by atoms with Gasteiger partial charge in [-0.25, -0.2) is 0 Å². The maximum absolute atomic E-state index is 5.92. The minimum absolute atomic E-state index is 0. The molecule has 0 amide bonds. The summed E-state index contributed by atoms with van der Waals surface area (Å²) in [4.78, 5) is 4.41. The summed E-state index contributed by atoms with van der Waals surface area (Å²) in [7, 11) is 0. The van der Waals surface area contributed by atoms with Crippen molar-refractivity contribution in [3.05, 3.63) is 138 Å². The summed E-state index contributed by atoms with van der Waals surface area (Å²) in [6, 6.07) is 40.4. The quantitative estimate of drug-likeness (QED) is 0.137. The van der Waals surface area contributed by atoms with Crippen LogP contribution in [-0.4, -0.2) is 20.1 Å². The third-order valence-corrected chi connectivity index (χ3v) is 6.77. The number of fused-ring (bicyclic) bond motifs is 3. The largest absolute Gasteiger partial charge is 0.499 e. The van der Waals surface area contributed by atoms with Gasteiger partial charge in [0.05, 0.1) is 0 Å². The Balaban J connectivity index is 0.000000175. The van der Waals surface area contributed by atoms with Gasteiger partial charge in [0.15, 0.2) is 0 Å². The van der Waals surface area contributed by atoms with Crippen molar-refractivity contribution in [3.8, 4) is 11.3 Å². The molecule has 1 aliphatic heterocycles. The molecule has 40 heavy (non-hydrogen) atoms. The molecule has 1 aliphatic rings. The number of benzene rings is 4. The Bertz CT molecular complexity index is 1910. The van der Waals surface area contributed by atoms with E-state index in [2.05, 4.69) is 74.2 Å². The van der Waals surface area contributed by atoms with E-state index in [1.807, 2.05) is 88.4 Å². The van der Waals surface area contributed by atoms with Gasteiger partial charge in [-0.05, 0) is 36.6 Å². The molecule has 0 saturated carbocycles. The first-order valence-corrected chi connectivity index (χ1v) is 12.9. The zero-order valence-electron chi connectivity index (χ0n) is 22.5. The SMILES string of the molecule is C1=[N+](c2[c-]c3oc4ccccc4c3cc2)C=C[N+]=1c1ccccc1.Cc1c[c-]c(-c2cc(C)c(C)cn2)cc1.[Ir]. The fourth-order valence-electron chi connectivity index (χ4n) is 4.40. The number of pyridine rings is 1. The van der Waals surface area contributed by atoms with Gasteiger partial charge in [0, 0.05) is 44.0 Å². The normalized spacial score (nSPS) is 12.0. The molecule has 1 radical (unpaired) electrons. The van der Waals surface area contributed by atoms with Crippen molar-refractivity contribution in [1.29, 1.82) is 0 Å². The van der Waals surface area contributed by atoms with Crippen LogP contribution in [0.15, 0.2) is 114 Å². The van der Waals surface area contributed by atoms with Crippen molar-refractivity contribution in [2.75, 3.05) is 0 Å². The second-order valence-electron chi connectivity index (χ2n) is 9.59. The van der Waals surface area contributed by atoms with E-state index in [0.29, 0.717) is 0 Å². The first-order valence-electron chi connectivity index (χ1n) is 12.9. The zero-order chi connectivity index (χ0) is 26.8. The van der Waals surface area contributed by atoms with Crippen LogP contribution in [-0.2, 0) is 20.1 Å². The van der Waals surface area contributed by atoms with Gasteiger partial charge in [-0.3, -0.25) is 0 Å². The summed E-state index contributed by atoms with van der Waals surface area (Å²) in [5.41, 5.74) is 9.40. The number of rotatable bonds is 3. The van der Waals surface area contributed by atoms with Gasteiger partial charge in [0.1, 0.15) is 11.3 Å². The van der Waals surface area contributed by atoms with Crippen LogP contribution in [0.5, 0.6) is 0 Å². The summed E-state index contributed by atoms with van der Waals surface area (Å²) in [5.74, 6) is 0. The van der Waals surface area contributed by atoms with Gasteiger partial charge in [0.2, 0.25) is 5.69 Å². The van der Waals surface area contributed by atoms with Gasteiger partial charge in [-0.15, -0.1) is 35.4 Å². The molecule has 2 aromatic heterocycles. The molecule has 0 N–H and O–H groups in total. The fraction of sp³-hybridized carbons (Fsp3) is 0.0857. The molecule has 0 unspecified atom stereocenters. The molecule has 0 aliphatic carbocycles. The van der Waals surface area contributed by atoms with E-state index < -0.39 is 0 Å². The predicted molar refractivity (Wildman–Crippen MR) is 156 cm³/mol. The number of furan rings is 1. The van der Waals surface area contributed by atoms with Crippen molar-refractivity contribution < 1.29 is 33.7 Å². The van der Waals surface area contributed by atoms with E-state index in [9.17, 15) is 0 Å². The molecule has 0 fully saturated rings. The summed E-state index contributed by atoms with van der Waals surface area (Å²) < 4.78 is 9.79. The van der Waals surface area contributed by atoms with Crippen LogP contribution in [0.25, 0.3) is 33.2 Å². The number of para-hydroxylation sites is 2. The maximum Gasteiger partial charge on any atom is 0.499 e. The molecule has 4 aromatic carbocycles. The zero-order valence-corrected chi connectivity index (χ0v) is 24.9. The number of nitrogens with zero attached hydrogens (tertiary/aromatic N) is 3. The van der Waals surface area contributed by atoms with Crippen LogP contribution < -0.4 is 0 Å². The summed E-state index contributed by atoms with van der Waals surface area (Å²) in [6.07, 6.45) is 5.86. The minimum Gasteiger partial charge on any atom is -0.483 e. The molecule has 4 nitrogen and oxygen atoms in total. The second-order valence-corrected chi connectivity index (χ2v) is 9.59. The van der Waals surface area contributed by atoms with Crippen molar-refractivity contribution in [2.45, 2.75) is 20.8 Å². The van der Waals surface area contributed by atoms with E-state index in [-0.39, 0.29) is 20.1 Å². The van der Waals surface area contributed by atoms with Gasteiger partial charge in [-0.1, -0.05) is 81.6 Å². The molecule has 5 heteroatoms. The van der Waals surface area contributed by atoms with Crippen LogP contribution in [0, 0.1) is 32.9 Å². The van der Waals surface area contributed by atoms with Crippen LogP contribution >= 0.6 is 0 Å². The summed E-state index contributed by atoms with van der Waals surface area (Å²) >= 11 is 0. The Morgan fingerprint density at radius 2 is 1.55 bits per heavy atom. The van der Waals surface area contributed by atoms with Crippen molar-refractivity contribution in [1.82, 2.24) is 4.98 Å². The van der Waals surface area contributed by atoms with E-state index in [4.69, 9.17) is 4.42 Å². The number of hydrogen-bond donors (Lipinski definition) is 0. The Labute approximate surface area is 247 Å². The van der Waals surface area contributed by atoms with Crippen molar-refractivity contribution in [3.63, 3.8) is 0 Å². The van der Waals surface area contributed by atoms with E-state index in [1.165, 1.54) is 16.7 Å². The topological polar surface area (TPSA) is 32.0 Å². The fourth-order valence-corrected chi connectivity index (χ4v) is 4.40. The van der Waals surface area contributed by atoms with E-state index in [1.54, 1.807) is 0 Å². The smallest absolute Gasteiger partial charge is 0.483 e. The summed E-state index contributed by atoms with van der Waals surface area (Å²) in [6.45, 7) is 6.24. The second kappa shape index (κ2) is 11.8. The number of aryl methyl sites for hydroxylation is 3. The standard InChI is InChI=1S/C21H13N2O.C14H14N.Ir/c1-2-6-16(7-3-1)22-12-13-23(15-22)17-10-11-19-18-8-4-5-9-20(18)24-21(19)14-17;1-10-4-6-13(7-5-10)14-8-11(2)12(3)9-15-14;/h1-13H;4-6,8-9H,1-3H3;/q+1;-1;. The molecule has 0 bridgehead atoms. The Kier molecular flexibility index (Phi) is 8.00. The van der Waals surface area contributed by atoms with Crippen LogP contribution in [0.3, 0.4) is 0 Å². The monoisotopic (exact) mass is 698 g/mol. The van der Waals surface area contributed by atoms with Crippen molar-refractivity contribution >= 4 is 39.3 Å². The van der Waals surface area contributed by atoms with Crippen LogP contribution in [0.1, 0.15) is 16.7 Å². The van der Waals surface area contributed by atoms with Gasteiger partial charge < -0.3 is 9.40 Å². The van der Waals surface area contributed by atoms with Crippen molar-refractivity contribution in [2.24, 2.45) is 0 Å². The average Bonchev–Trinajstić information content (AvgIpc) is 3.61. The third kappa shape index (κ3) is 5.64. The number of aromatic nitrogens is 1. The van der Waals surface area contributed by atoms with Gasteiger partial charge in [-0.2, -0.15) is 6.07 Å². The van der Waals surface area contributed by atoms with Crippen LogP contribution in [0.2, 0.25) is 0 Å². The molecule has 7 rings (SSSR count). The Morgan fingerprint density at radius 3 is 2.33 bits per heavy atom. The molecule has 0 atom stereocenters. The average molecular weight is 698 g/mol. The molecule has 6 aromatic rings. The van der Waals surface area contributed by atoms with Gasteiger partial charge in [0.25, 0.3) is 12.4 Å².